The number of aromatic nitrogens is 1. The Morgan fingerprint density at radius 1 is 1.28 bits per heavy atom. The minimum absolute atomic E-state index is 0.0948. The van der Waals surface area contributed by atoms with E-state index in [1.807, 2.05) is 11.0 Å². The second kappa shape index (κ2) is 15.0. The van der Waals surface area contributed by atoms with Crippen LogP contribution >= 0.6 is 0 Å². The highest BCUT2D eigenvalue weighted by Crippen LogP contribution is 2.10. The Morgan fingerprint density at radius 2 is 2.06 bits per heavy atom. The van der Waals surface area contributed by atoms with E-state index in [1.165, 1.54) is 6.08 Å². The van der Waals surface area contributed by atoms with Crippen molar-refractivity contribution in [1.29, 1.82) is 0 Å². The average molecular weight is 473 g/mol. The molecular formula is C21H33FN4O5S. The molecule has 0 radical (unpaired) electrons. The van der Waals surface area contributed by atoms with Crippen molar-refractivity contribution in [3.63, 3.8) is 0 Å². The number of sulfonamides is 1. The van der Waals surface area contributed by atoms with E-state index in [0.29, 0.717) is 45.7 Å². The fourth-order valence-corrected chi connectivity index (χ4v) is 4.34. The summed E-state index contributed by atoms with van der Waals surface area (Å²) in [5.74, 6) is -0.285. The highest BCUT2D eigenvalue weighted by Gasteiger charge is 2.24. The number of nitrogens with one attached hydrogen (secondary N) is 1. The van der Waals surface area contributed by atoms with Gasteiger partial charge < -0.3 is 10.1 Å². The van der Waals surface area contributed by atoms with Crippen LogP contribution in [-0.4, -0.2) is 87.2 Å². The lowest BCUT2D eigenvalue weighted by Crippen LogP contribution is -2.42. The summed E-state index contributed by atoms with van der Waals surface area (Å²) in [6.45, 7) is 1.93. The molecular weight excluding hydrogens is 439 g/mol. The zero-order chi connectivity index (χ0) is 23.1. The summed E-state index contributed by atoms with van der Waals surface area (Å²) in [6, 6.07) is 3.65. The Kier molecular flexibility index (Phi) is 12.4. The van der Waals surface area contributed by atoms with Crippen molar-refractivity contribution in [2.45, 2.75) is 25.7 Å². The molecule has 0 bridgehead atoms. The molecule has 1 aliphatic heterocycles. The zero-order valence-corrected chi connectivity index (χ0v) is 19.1. The van der Waals surface area contributed by atoms with Gasteiger partial charge in [0.05, 0.1) is 25.5 Å². The Labute approximate surface area is 189 Å². The van der Waals surface area contributed by atoms with Gasteiger partial charge in [0, 0.05) is 38.1 Å². The maximum Gasteiger partial charge on any atom is 0.243 e. The summed E-state index contributed by atoms with van der Waals surface area (Å²) < 4.78 is 43.8. The largest absolute Gasteiger partial charge is 0.379 e. The first-order valence-corrected chi connectivity index (χ1v) is 12.5. The molecule has 180 valence electrons. The summed E-state index contributed by atoms with van der Waals surface area (Å²) in [5, 5.41) is 2.80. The van der Waals surface area contributed by atoms with Crippen molar-refractivity contribution < 1.29 is 27.2 Å². The number of amides is 1. The van der Waals surface area contributed by atoms with Gasteiger partial charge in [-0.1, -0.05) is 23.4 Å². The Morgan fingerprint density at radius 3 is 2.78 bits per heavy atom. The number of hydrogen-bond acceptors (Lipinski definition) is 7. The standard InChI is InChI=1S/C21H33FN4O5S/c22-9-12-26(31-19-25-13-15-30-16-14-25)32(28,29)17-4-2-1-3-11-24-21(27)8-7-20-6-5-10-23-18-20/h5-8,10,18H,1-4,9,11-17,19H2,(H,24,27)/b8-7+. The Bertz CT molecular complexity index is 789. The predicted molar refractivity (Wildman–Crippen MR) is 120 cm³/mol. The number of pyridine rings is 1. The third-order valence-electron chi connectivity index (χ3n) is 4.81. The van der Waals surface area contributed by atoms with E-state index in [4.69, 9.17) is 9.57 Å². The SMILES string of the molecule is O=C(/C=C/c1cccnc1)NCCCCCCS(=O)(=O)N(CCF)OCN1CCOCC1. The van der Waals surface area contributed by atoms with Gasteiger partial charge >= 0.3 is 0 Å². The molecule has 0 atom stereocenters. The first-order valence-electron chi connectivity index (χ1n) is 10.9. The number of hydroxylamine groups is 1. The lowest BCUT2D eigenvalue weighted by molar-refractivity contribution is -0.144. The molecule has 1 saturated heterocycles. The average Bonchev–Trinajstić information content (AvgIpc) is 2.81. The molecule has 0 aliphatic carbocycles. The van der Waals surface area contributed by atoms with E-state index < -0.39 is 16.7 Å². The molecule has 9 nitrogen and oxygen atoms in total. The van der Waals surface area contributed by atoms with E-state index in [9.17, 15) is 17.6 Å². The fraction of sp³-hybridized carbons (Fsp3) is 0.619. The molecule has 0 spiro atoms. The smallest absolute Gasteiger partial charge is 0.243 e. The molecule has 11 heteroatoms. The van der Waals surface area contributed by atoms with E-state index in [0.717, 1.165) is 22.9 Å². The van der Waals surface area contributed by atoms with Crippen LogP contribution in [0.3, 0.4) is 0 Å². The van der Waals surface area contributed by atoms with E-state index in [1.54, 1.807) is 24.5 Å². The van der Waals surface area contributed by atoms with Crippen LogP contribution < -0.4 is 5.32 Å². The number of alkyl halides is 1. The predicted octanol–water partition coefficient (Wildman–Crippen LogP) is 1.59. The Hall–Kier alpha value is -1.92. The molecule has 1 N–H and O–H groups in total. The van der Waals surface area contributed by atoms with Crippen molar-refractivity contribution in [2.24, 2.45) is 0 Å². The molecule has 1 fully saturated rings. The summed E-state index contributed by atoms with van der Waals surface area (Å²) in [7, 11) is -3.70. The highest BCUT2D eigenvalue weighted by molar-refractivity contribution is 7.88. The highest BCUT2D eigenvalue weighted by atomic mass is 32.2. The number of nitrogens with zero attached hydrogens (tertiary/aromatic N) is 3. The van der Waals surface area contributed by atoms with Crippen LogP contribution in [0.1, 0.15) is 31.2 Å². The molecule has 2 heterocycles. The summed E-state index contributed by atoms with van der Waals surface area (Å²) in [4.78, 5) is 23.1. The molecule has 0 saturated carbocycles. The lowest BCUT2D eigenvalue weighted by Gasteiger charge is -2.28. The topological polar surface area (TPSA) is 101 Å². The molecule has 0 aromatic carbocycles. The van der Waals surface area contributed by atoms with Gasteiger partial charge in [-0.2, -0.15) is 0 Å². The molecule has 32 heavy (non-hydrogen) atoms. The van der Waals surface area contributed by atoms with Crippen LogP contribution in [0.25, 0.3) is 6.08 Å². The molecule has 2 rings (SSSR count). The quantitative estimate of drug-likeness (QED) is 0.235. The lowest BCUT2D eigenvalue weighted by atomic mass is 10.2. The second-order valence-corrected chi connectivity index (χ2v) is 9.32. The van der Waals surface area contributed by atoms with E-state index in [2.05, 4.69) is 10.3 Å². The number of halogens is 1. The number of carbonyl (C=O) groups excluding carboxylic acids is 1. The van der Waals surface area contributed by atoms with Crippen molar-refractivity contribution >= 4 is 22.0 Å². The van der Waals surface area contributed by atoms with Crippen LogP contribution in [-0.2, 0) is 24.4 Å². The van der Waals surface area contributed by atoms with Gasteiger partial charge in [0.15, 0.2) is 0 Å². The maximum absolute atomic E-state index is 12.8. The number of ether oxygens (including phenoxy) is 1. The number of unbranched alkanes of at least 4 members (excludes halogenated alkanes) is 3. The third-order valence-corrected chi connectivity index (χ3v) is 6.52. The molecule has 1 aromatic heterocycles. The summed E-state index contributed by atoms with van der Waals surface area (Å²) in [6.07, 6.45) is 9.14. The van der Waals surface area contributed by atoms with Crippen LogP contribution in [0.4, 0.5) is 4.39 Å². The van der Waals surface area contributed by atoms with Crippen molar-refractivity contribution in [1.82, 2.24) is 19.7 Å². The van der Waals surface area contributed by atoms with Gasteiger partial charge in [-0.15, -0.1) is 0 Å². The molecule has 1 aromatic rings. The normalized spacial score (nSPS) is 15.4. The van der Waals surface area contributed by atoms with Crippen LogP contribution in [0.5, 0.6) is 0 Å². The first-order chi connectivity index (χ1) is 15.5. The van der Waals surface area contributed by atoms with Crippen molar-refractivity contribution in [2.75, 3.05) is 58.6 Å². The van der Waals surface area contributed by atoms with Gasteiger partial charge in [-0.3, -0.25) is 19.5 Å². The second-order valence-electron chi connectivity index (χ2n) is 7.34. The fourth-order valence-electron chi connectivity index (χ4n) is 3.01. The molecule has 1 amide bonds. The number of carbonyl (C=O) groups is 1. The monoisotopic (exact) mass is 472 g/mol. The van der Waals surface area contributed by atoms with Gasteiger partial charge in [-0.05, 0) is 30.5 Å². The van der Waals surface area contributed by atoms with E-state index in [-0.39, 0.29) is 24.9 Å². The zero-order valence-electron chi connectivity index (χ0n) is 18.3. The minimum atomic E-state index is -3.70. The first kappa shape index (κ1) is 26.3. The van der Waals surface area contributed by atoms with Gasteiger partial charge in [-0.25, -0.2) is 12.8 Å². The number of rotatable bonds is 15. The number of morpholine rings is 1. The van der Waals surface area contributed by atoms with Gasteiger partial charge in [0.1, 0.15) is 13.4 Å². The Balaban J connectivity index is 1.59. The minimum Gasteiger partial charge on any atom is -0.379 e. The molecule has 1 aliphatic rings. The number of hydrogen-bond donors (Lipinski definition) is 1. The van der Waals surface area contributed by atoms with Crippen molar-refractivity contribution in [3.05, 3.63) is 36.2 Å². The third kappa shape index (κ3) is 10.6. The van der Waals surface area contributed by atoms with Crippen LogP contribution in [0.2, 0.25) is 0 Å². The maximum atomic E-state index is 12.8. The summed E-state index contributed by atoms with van der Waals surface area (Å²) >= 11 is 0. The molecule has 0 unspecified atom stereocenters. The van der Waals surface area contributed by atoms with Crippen LogP contribution in [0, 0.1) is 0 Å². The summed E-state index contributed by atoms with van der Waals surface area (Å²) in [5.41, 5.74) is 0.847. The van der Waals surface area contributed by atoms with Gasteiger partial charge in [0.25, 0.3) is 0 Å². The van der Waals surface area contributed by atoms with Gasteiger partial charge in [0.2, 0.25) is 15.9 Å². The van der Waals surface area contributed by atoms with Crippen LogP contribution in [0.15, 0.2) is 30.6 Å². The van der Waals surface area contributed by atoms with Crippen molar-refractivity contribution in [3.8, 4) is 0 Å². The van der Waals surface area contributed by atoms with E-state index >= 15 is 0 Å².